The molecule has 6 heterocycles. The maximum absolute atomic E-state index is 17.0. The molecule has 4 aliphatic heterocycles. The van der Waals surface area contributed by atoms with Crippen LogP contribution in [0, 0.1) is 29.9 Å². The molecule has 1 aliphatic carbocycles. The lowest BCUT2D eigenvalue weighted by molar-refractivity contribution is 0.0952. The number of hydrogen-bond donors (Lipinski definition) is 1. The number of hydrogen-bond acceptors (Lipinski definition) is 9. The Morgan fingerprint density at radius 3 is 2.89 bits per heavy atom. The molecule has 2 aromatic carbocycles. The lowest BCUT2D eigenvalue weighted by atomic mass is 9.95. The van der Waals surface area contributed by atoms with Crippen LogP contribution in [-0.2, 0) is 4.74 Å². The third-order valence-electron chi connectivity index (χ3n) is 10.3. The van der Waals surface area contributed by atoms with E-state index >= 15 is 4.39 Å². The number of phenolic OH excluding ortho intramolecular Hbond substituents is 1. The topological polar surface area (TPSA) is 93.1 Å². The molecular weight excluding hydrogens is 599 g/mol. The summed E-state index contributed by atoms with van der Waals surface area (Å²) in [4.78, 5) is 18.2. The van der Waals surface area contributed by atoms with E-state index in [9.17, 15) is 13.9 Å². The second-order valence-corrected chi connectivity index (χ2v) is 13.1. The van der Waals surface area contributed by atoms with Gasteiger partial charge in [0.1, 0.15) is 53.4 Å². The highest BCUT2D eigenvalue weighted by Gasteiger charge is 2.50. The Bertz CT molecular complexity index is 1990. The smallest absolute Gasteiger partial charge is 0.319 e. The molecular formula is C34H30F3N5O4. The second-order valence-electron chi connectivity index (χ2n) is 13.1. The molecule has 9 nitrogen and oxygen atoms in total. The standard InChI is InChI=1S/C34H30F3N5O4/c1-2-22-24(36)5-4-17-8-21(43)10-23(26(17)22)29-28(37)30-27-31(42-12-18-9-25(18)44-14-20(42)15-45-32(27)38-29)40-33(39-30)46-16-34-6-3-7-41(34)13-19(35)11-34/h1,4-5,8,10,18-20,25,43H,3,6-7,9,11-16H2/t18-,19+,20-,25-,34-/m0/s1. The van der Waals surface area contributed by atoms with Gasteiger partial charge in [-0.15, -0.1) is 6.42 Å². The van der Waals surface area contributed by atoms with Crippen LogP contribution in [0.25, 0.3) is 32.9 Å². The number of rotatable bonds is 4. The molecule has 0 unspecified atom stereocenters. The molecule has 3 saturated heterocycles. The minimum Gasteiger partial charge on any atom is -0.508 e. The molecule has 12 heteroatoms. The highest BCUT2D eigenvalue weighted by molar-refractivity contribution is 6.04. The number of phenols is 1. The minimum absolute atomic E-state index is 0.0395. The Morgan fingerprint density at radius 1 is 1.13 bits per heavy atom. The lowest BCUT2D eigenvalue weighted by Crippen LogP contribution is -2.44. The number of benzene rings is 2. The van der Waals surface area contributed by atoms with Crippen LogP contribution in [0.3, 0.4) is 0 Å². The first-order valence-corrected chi connectivity index (χ1v) is 15.7. The van der Waals surface area contributed by atoms with Gasteiger partial charge in [-0.3, -0.25) is 4.90 Å². The van der Waals surface area contributed by atoms with Gasteiger partial charge < -0.3 is 24.2 Å². The number of alkyl halides is 1. The molecule has 1 N–H and O–H groups in total. The second kappa shape index (κ2) is 10.1. The summed E-state index contributed by atoms with van der Waals surface area (Å²) >= 11 is 0. The average molecular weight is 630 g/mol. The molecule has 2 aromatic heterocycles. The summed E-state index contributed by atoms with van der Waals surface area (Å²) < 4.78 is 65.0. The van der Waals surface area contributed by atoms with Crippen molar-refractivity contribution in [1.29, 1.82) is 0 Å². The zero-order valence-corrected chi connectivity index (χ0v) is 24.8. The van der Waals surface area contributed by atoms with Crippen molar-refractivity contribution in [2.24, 2.45) is 5.92 Å². The van der Waals surface area contributed by atoms with Crippen LogP contribution >= 0.6 is 0 Å². The largest absolute Gasteiger partial charge is 0.508 e. The fourth-order valence-electron chi connectivity index (χ4n) is 7.97. The average Bonchev–Trinajstić information content (AvgIpc) is 3.64. The number of terminal acetylenes is 1. The van der Waals surface area contributed by atoms with Crippen LogP contribution in [0.2, 0.25) is 0 Å². The highest BCUT2D eigenvalue weighted by Crippen LogP contribution is 2.46. The first-order valence-electron chi connectivity index (χ1n) is 15.7. The molecule has 5 atom stereocenters. The zero-order chi connectivity index (χ0) is 31.3. The van der Waals surface area contributed by atoms with E-state index in [0.29, 0.717) is 43.2 Å². The van der Waals surface area contributed by atoms with Crippen molar-refractivity contribution >= 4 is 27.5 Å². The predicted molar refractivity (Wildman–Crippen MR) is 163 cm³/mol. The number of anilines is 1. The van der Waals surface area contributed by atoms with Gasteiger partial charge in [0.15, 0.2) is 5.82 Å². The summed E-state index contributed by atoms with van der Waals surface area (Å²) in [5.41, 5.74) is -0.760. The molecule has 0 amide bonds. The minimum atomic E-state index is -0.934. The molecule has 1 saturated carbocycles. The monoisotopic (exact) mass is 629 g/mol. The van der Waals surface area contributed by atoms with E-state index in [1.54, 1.807) is 0 Å². The number of halogens is 3. The summed E-state index contributed by atoms with van der Waals surface area (Å²) in [6.07, 6.45) is 7.98. The number of fused-ring (bicyclic) bond motifs is 5. The van der Waals surface area contributed by atoms with Gasteiger partial charge in [-0.05, 0) is 49.4 Å². The fraction of sp³-hybridized carbons (Fsp3) is 0.441. The van der Waals surface area contributed by atoms with Crippen LogP contribution in [0.5, 0.6) is 17.6 Å². The van der Waals surface area contributed by atoms with E-state index in [-0.39, 0.29) is 76.1 Å². The van der Waals surface area contributed by atoms with Gasteiger partial charge >= 0.3 is 6.01 Å². The first kappa shape index (κ1) is 27.9. The van der Waals surface area contributed by atoms with Crippen molar-refractivity contribution in [2.45, 2.75) is 49.5 Å². The van der Waals surface area contributed by atoms with Crippen molar-refractivity contribution in [3.05, 3.63) is 41.5 Å². The van der Waals surface area contributed by atoms with Gasteiger partial charge in [0.2, 0.25) is 5.88 Å². The first-order chi connectivity index (χ1) is 22.3. The van der Waals surface area contributed by atoms with E-state index in [1.807, 2.05) is 0 Å². The molecule has 0 spiro atoms. The fourth-order valence-corrected chi connectivity index (χ4v) is 7.97. The van der Waals surface area contributed by atoms with Gasteiger partial charge in [-0.2, -0.15) is 9.97 Å². The lowest BCUT2D eigenvalue weighted by Gasteiger charge is -2.31. The van der Waals surface area contributed by atoms with Gasteiger partial charge in [-0.1, -0.05) is 12.0 Å². The van der Waals surface area contributed by atoms with Gasteiger partial charge in [0.25, 0.3) is 0 Å². The molecule has 236 valence electrons. The molecule has 5 aliphatic rings. The van der Waals surface area contributed by atoms with Crippen molar-refractivity contribution in [1.82, 2.24) is 19.9 Å². The van der Waals surface area contributed by atoms with Crippen LogP contribution in [-0.4, -0.2) is 88.3 Å². The van der Waals surface area contributed by atoms with Crippen LogP contribution in [0.15, 0.2) is 24.3 Å². The molecule has 46 heavy (non-hydrogen) atoms. The Balaban J connectivity index is 1.24. The molecule has 0 radical (unpaired) electrons. The predicted octanol–water partition coefficient (Wildman–Crippen LogP) is 4.75. The Kier molecular flexibility index (Phi) is 6.12. The maximum Gasteiger partial charge on any atom is 0.319 e. The number of nitrogens with zero attached hydrogens (tertiary/aromatic N) is 5. The maximum atomic E-state index is 17.0. The van der Waals surface area contributed by atoms with Crippen molar-refractivity contribution < 1.29 is 32.5 Å². The molecule has 9 rings (SSSR count). The summed E-state index contributed by atoms with van der Waals surface area (Å²) in [6, 6.07) is 5.14. The quantitative estimate of drug-likeness (QED) is 0.321. The van der Waals surface area contributed by atoms with Crippen LogP contribution in [0.4, 0.5) is 19.0 Å². The SMILES string of the molecule is C#Cc1c(F)ccc2cc(O)cc(-c3nc4c5c(nc(OC[C@@]67CCCN6C[C@H](F)C7)nc5c3F)N3C[C@@H]5C[C@@H]5OC[C@H]3CO4)c12. The van der Waals surface area contributed by atoms with E-state index in [2.05, 4.69) is 25.7 Å². The van der Waals surface area contributed by atoms with Crippen LogP contribution in [0.1, 0.15) is 31.2 Å². The zero-order valence-electron chi connectivity index (χ0n) is 24.8. The number of aromatic hydroxyl groups is 1. The third kappa shape index (κ3) is 4.21. The van der Waals surface area contributed by atoms with E-state index in [1.165, 1.54) is 24.3 Å². The Labute approximate surface area is 262 Å². The number of pyridine rings is 1. The molecule has 4 fully saturated rings. The van der Waals surface area contributed by atoms with Crippen molar-refractivity contribution in [3.63, 3.8) is 0 Å². The summed E-state index contributed by atoms with van der Waals surface area (Å²) in [7, 11) is 0. The van der Waals surface area contributed by atoms with Gasteiger partial charge in [0, 0.05) is 36.4 Å². The highest BCUT2D eigenvalue weighted by atomic mass is 19.1. The number of aromatic nitrogens is 3. The normalized spacial score (nSPS) is 28.2. The summed E-state index contributed by atoms with van der Waals surface area (Å²) in [6.45, 7) is 2.56. The van der Waals surface area contributed by atoms with Gasteiger partial charge in [-0.25, -0.2) is 18.2 Å². The number of ether oxygens (including phenoxy) is 3. The Morgan fingerprint density at radius 2 is 2.02 bits per heavy atom. The Hall–Kier alpha value is -4.34. The summed E-state index contributed by atoms with van der Waals surface area (Å²) in [5.74, 6) is 1.54. The van der Waals surface area contributed by atoms with Crippen LogP contribution < -0.4 is 14.4 Å². The van der Waals surface area contributed by atoms with E-state index in [0.717, 1.165) is 25.8 Å². The molecule has 4 aromatic rings. The van der Waals surface area contributed by atoms with E-state index in [4.69, 9.17) is 25.6 Å². The van der Waals surface area contributed by atoms with Crippen molar-refractivity contribution in [3.8, 4) is 41.2 Å². The third-order valence-corrected chi connectivity index (χ3v) is 10.3. The van der Waals surface area contributed by atoms with Crippen molar-refractivity contribution in [2.75, 3.05) is 44.4 Å². The van der Waals surface area contributed by atoms with E-state index < -0.39 is 23.3 Å². The molecule has 0 bridgehead atoms. The summed E-state index contributed by atoms with van der Waals surface area (Å²) in [5, 5.41) is 11.5. The van der Waals surface area contributed by atoms with Gasteiger partial charge in [0.05, 0.1) is 29.9 Å².